The first kappa shape index (κ1) is 14.2. The van der Waals surface area contributed by atoms with Crippen molar-refractivity contribution < 1.29 is 0 Å². The Morgan fingerprint density at radius 3 is 2.83 bits per heavy atom. The number of nitriles is 1. The molecule has 116 valence electrons. The maximum Gasteiger partial charge on any atom is 0.197 e. The third-order valence-corrected chi connectivity index (χ3v) is 5.06. The van der Waals surface area contributed by atoms with Gasteiger partial charge in [-0.25, -0.2) is 9.98 Å². The van der Waals surface area contributed by atoms with Crippen LogP contribution >= 0.6 is 11.3 Å². The molecule has 1 aromatic carbocycles. The molecule has 2 aromatic heterocycles. The molecule has 7 heteroatoms. The van der Waals surface area contributed by atoms with Crippen LogP contribution in [0.25, 0.3) is 16.0 Å². The van der Waals surface area contributed by atoms with E-state index in [1.807, 2.05) is 35.0 Å². The number of piperazine rings is 1. The van der Waals surface area contributed by atoms with Crippen molar-refractivity contribution in [3.8, 4) is 6.07 Å². The Hall–Kier alpha value is -2.43. The zero-order chi connectivity index (χ0) is 15.8. The number of hydrogen-bond donors (Lipinski definition) is 0. The topological polar surface area (TPSA) is 59.9 Å². The van der Waals surface area contributed by atoms with Gasteiger partial charge in [-0.1, -0.05) is 23.5 Å². The summed E-state index contributed by atoms with van der Waals surface area (Å²) in [5, 5.41) is 9.41. The fourth-order valence-corrected chi connectivity index (χ4v) is 3.66. The van der Waals surface area contributed by atoms with Crippen LogP contribution in [0.1, 0.15) is 4.88 Å². The number of benzene rings is 1. The van der Waals surface area contributed by atoms with E-state index < -0.39 is 0 Å². The van der Waals surface area contributed by atoms with Gasteiger partial charge in [0.1, 0.15) is 6.07 Å². The minimum absolute atomic E-state index is 0.601. The summed E-state index contributed by atoms with van der Waals surface area (Å²) in [5.41, 5.74) is 1.92. The van der Waals surface area contributed by atoms with Crippen LogP contribution in [0.5, 0.6) is 0 Å². The molecule has 1 saturated heterocycles. The van der Waals surface area contributed by atoms with Crippen LogP contribution < -0.4 is 0 Å². The van der Waals surface area contributed by atoms with Gasteiger partial charge in [0.05, 0.1) is 17.4 Å². The monoisotopic (exact) mass is 324 g/mol. The van der Waals surface area contributed by atoms with Gasteiger partial charge in [-0.05, 0) is 19.2 Å². The highest BCUT2D eigenvalue weighted by Crippen LogP contribution is 2.32. The fraction of sp³-hybridized carbons (Fsp3) is 0.312. The number of imidazole rings is 1. The first-order valence-corrected chi connectivity index (χ1v) is 8.35. The molecule has 4 rings (SSSR count). The van der Waals surface area contributed by atoms with Crippen molar-refractivity contribution in [1.82, 2.24) is 19.2 Å². The van der Waals surface area contributed by atoms with E-state index in [0.717, 1.165) is 42.2 Å². The van der Waals surface area contributed by atoms with Crippen molar-refractivity contribution in [3.63, 3.8) is 0 Å². The van der Waals surface area contributed by atoms with Crippen molar-refractivity contribution in [2.24, 2.45) is 4.99 Å². The average molecular weight is 324 g/mol. The van der Waals surface area contributed by atoms with Gasteiger partial charge in [-0.3, -0.25) is 4.40 Å². The molecule has 0 unspecified atom stereocenters. The van der Waals surface area contributed by atoms with Gasteiger partial charge in [0, 0.05) is 26.2 Å². The van der Waals surface area contributed by atoms with Crippen molar-refractivity contribution in [3.05, 3.63) is 29.1 Å². The summed E-state index contributed by atoms with van der Waals surface area (Å²) in [5.74, 6) is 0.681. The van der Waals surface area contributed by atoms with Crippen LogP contribution in [0.15, 0.2) is 29.3 Å². The van der Waals surface area contributed by atoms with E-state index in [-0.39, 0.29) is 0 Å². The summed E-state index contributed by atoms with van der Waals surface area (Å²) in [7, 11) is 2.13. The van der Waals surface area contributed by atoms with E-state index in [1.165, 1.54) is 11.3 Å². The molecule has 0 bridgehead atoms. The SMILES string of the molecule is CN1CCN(C=Nc2c(C#N)sc3nc4ccccc4n23)CC1. The first-order valence-electron chi connectivity index (χ1n) is 7.53. The Morgan fingerprint density at radius 2 is 2.04 bits per heavy atom. The number of rotatable bonds is 2. The van der Waals surface area contributed by atoms with E-state index in [0.29, 0.717) is 10.7 Å². The molecule has 0 saturated carbocycles. The Labute approximate surface area is 137 Å². The van der Waals surface area contributed by atoms with E-state index >= 15 is 0 Å². The molecule has 3 aromatic rings. The Bertz CT molecular complexity index is 923. The summed E-state index contributed by atoms with van der Waals surface area (Å²) >= 11 is 1.39. The van der Waals surface area contributed by atoms with Gasteiger partial charge >= 0.3 is 0 Å². The molecule has 23 heavy (non-hydrogen) atoms. The predicted molar refractivity (Wildman–Crippen MR) is 92.5 cm³/mol. The standard InChI is InChI=1S/C16H16N6S/c1-20-6-8-21(9-7-20)11-18-15-14(10-17)23-16-19-12-4-2-3-5-13(12)22(15)16/h2-5,11H,6-9H2,1H3. The summed E-state index contributed by atoms with van der Waals surface area (Å²) in [6.07, 6.45) is 1.87. The predicted octanol–water partition coefficient (Wildman–Crippen LogP) is 2.33. The summed E-state index contributed by atoms with van der Waals surface area (Å²) < 4.78 is 1.98. The van der Waals surface area contributed by atoms with E-state index in [4.69, 9.17) is 0 Å². The molecule has 1 aliphatic heterocycles. The smallest absolute Gasteiger partial charge is 0.197 e. The average Bonchev–Trinajstić information content (AvgIpc) is 3.10. The summed E-state index contributed by atoms with van der Waals surface area (Å²) in [6.45, 7) is 3.98. The van der Waals surface area contributed by atoms with Crippen LogP contribution in [-0.4, -0.2) is 58.7 Å². The maximum absolute atomic E-state index is 9.41. The lowest BCUT2D eigenvalue weighted by Crippen LogP contribution is -2.43. The second-order valence-corrected chi connectivity index (χ2v) is 6.65. The summed E-state index contributed by atoms with van der Waals surface area (Å²) in [6, 6.07) is 10.2. The molecular weight excluding hydrogens is 308 g/mol. The van der Waals surface area contributed by atoms with Gasteiger partial charge in [-0.2, -0.15) is 5.26 Å². The van der Waals surface area contributed by atoms with Crippen LogP contribution in [0.2, 0.25) is 0 Å². The van der Waals surface area contributed by atoms with Crippen molar-refractivity contribution in [2.45, 2.75) is 0 Å². The van der Waals surface area contributed by atoms with Gasteiger partial charge in [0.15, 0.2) is 15.7 Å². The van der Waals surface area contributed by atoms with Crippen LogP contribution in [0, 0.1) is 11.3 Å². The minimum atomic E-state index is 0.601. The van der Waals surface area contributed by atoms with E-state index in [9.17, 15) is 5.26 Å². The molecular formula is C16H16N6S. The molecule has 0 radical (unpaired) electrons. The molecule has 6 nitrogen and oxygen atoms in total. The highest BCUT2D eigenvalue weighted by molar-refractivity contribution is 7.18. The Morgan fingerprint density at radius 1 is 1.26 bits per heavy atom. The maximum atomic E-state index is 9.41. The van der Waals surface area contributed by atoms with Crippen LogP contribution in [-0.2, 0) is 0 Å². The molecule has 0 spiro atoms. The van der Waals surface area contributed by atoms with Gasteiger partial charge in [0.25, 0.3) is 0 Å². The first-order chi connectivity index (χ1) is 11.3. The van der Waals surface area contributed by atoms with Crippen LogP contribution in [0.4, 0.5) is 5.82 Å². The molecule has 0 atom stereocenters. The largest absolute Gasteiger partial charge is 0.360 e. The van der Waals surface area contributed by atoms with E-state index in [1.54, 1.807) is 0 Å². The van der Waals surface area contributed by atoms with Crippen LogP contribution in [0.3, 0.4) is 0 Å². The number of fused-ring (bicyclic) bond motifs is 3. The summed E-state index contributed by atoms with van der Waals surface area (Å²) in [4.78, 5) is 15.1. The molecule has 1 aliphatic rings. The van der Waals surface area contributed by atoms with Gasteiger partial charge < -0.3 is 9.80 Å². The lowest BCUT2D eigenvalue weighted by molar-refractivity contribution is 0.219. The number of aliphatic imine (C=N–C) groups is 1. The van der Waals surface area contributed by atoms with Gasteiger partial charge in [-0.15, -0.1) is 0 Å². The van der Waals surface area contributed by atoms with E-state index in [2.05, 4.69) is 32.9 Å². The number of hydrogen-bond acceptors (Lipinski definition) is 5. The second-order valence-electron chi connectivity index (χ2n) is 5.67. The second kappa shape index (κ2) is 5.65. The lowest BCUT2D eigenvalue weighted by Gasteiger charge is -2.30. The normalized spacial score (nSPS) is 16.6. The molecule has 1 fully saturated rings. The zero-order valence-corrected chi connectivity index (χ0v) is 13.6. The third kappa shape index (κ3) is 2.46. The highest BCUT2D eigenvalue weighted by Gasteiger charge is 2.16. The quantitative estimate of drug-likeness (QED) is 0.536. The Balaban J connectivity index is 1.77. The minimum Gasteiger partial charge on any atom is -0.360 e. The Kier molecular flexibility index (Phi) is 3.48. The van der Waals surface area contributed by atoms with Crippen molar-refractivity contribution in [2.75, 3.05) is 33.2 Å². The highest BCUT2D eigenvalue weighted by atomic mass is 32.1. The lowest BCUT2D eigenvalue weighted by atomic mass is 10.3. The molecule has 3 heterocycles. The third-order valence-electron chi connectivity index (χ3n) is 4.12. The number of para-hydroxylation sites is 2. The number of nitrogens with zero attached hydrogens (tertiary/aromatic N) is 6. The number of likely N-dealkylation sites (N-methyl/N-ethyl adjacent to an activating group) is 1. The number of thiazole rings is 1. The van der Waals surface area contributed by atoms with Crippen molar-refractivity contribution in [1.29, 1.82) is 5.26 Å². The number of aromatic nitrogens is 2. The zero-order valence-electron chi connectivity index (χ0n) is 12.8. The van der Waals surface area contributed by atoms with Gasteiger partial charge in [0.2, 0.25) is 0 Å². The molecule has 0 N–H and O–H groups in total. The fourth-order valence-electron chi connectivity index (χ4n) is 2.78. The van der Waals surface area contributed by atoms with Crippen molar-refractivity contribution >= 4 is 39.5 Å². The molecule has 0 amide bonds. The molecule has 0 aliphatic carbocycles.